The van der Waals surface area contributed by atoms with Gasteiger partial charge < -0.3 is 25.7 Å². The van der Waals surface area contributed by atoms with Gasteiger partial charge in [-0.15, -0.1) is 0 Å². The minimum absolute atomic E-state index is 0. The van der Waals surface area contributed by atoms with E-state index in [0.717, 1.165) is 0 Å². The zero-order chi connectivity index (χ0) is 8.04. The molecule has 12 heavy (non-hydrogen) atoms. The molecule has 0 radical (unpaired) electrons. The normalized spacial score (nSPS) is 10.0. The fourth-order valence-electron chi connectivity index (χ4n) is 0.443. The Morgan fingerprint density at radius 3 is 1.92 bits per heavy atom. The van der Waals surface area contributed by atoms with Crippen LogP contribution in [0.5, 0.6) is 0 Å². The number of hydrogen-bond donors (Lipinski definition) is 2. The third-order valence-corrected chi connectivity index (χ3v) is 1.65. The molecule has 8 heteroatoms. The Hall–Kier alpha value is 2.23. The molecule has 0 aromatic rings. The molecule has 0 aliphatic carbocycles. The first-order chi connectivity index (χ1) is 4.56. The van der Waals surface area contributed by atoms with Crippen LogP contribution in [0, 0.1) is 0 Å². The fourth-order valence-corrected chi connectivity index (χ4v) is 0.875. The molecule has 0 amide bonds. The Kier molecular flexibility index (Phi) is 18.6. The number of hydrogen-bond acceptors (Lipinski definition) is 5. The van der Waals surface area contributed by atoms with Crippen LogP contribution in [0.3, 0.4) is 0 Å². The number of nitrogens with two attached hydrogens (primary N) is 1. The van der Waals surface area contributed by atoms with Gasteiger partial charge in [-0.2, -0.15) is 7.94 Å². The Morgan fingerprint density at radius 1 is 1.08 bits per heavy atom. The van der Waals surface area contributed by atoms with Crippen LogP contribution in [0.4, 0.5) is 0 Å². The van der Waals surface area contributed by atoms with Crippen molar-refractivity contribution in [3.05, 3.63) is 0 Å². The Balaban J connectivity index is -0.000000405. The Labute approximate surface area is 117 Å². The summed E-state index contributed by atoms with van der Waals surface area (Å²) >= 11 is 0. The van der Waals surface area contributed by atoms with Gasteiger partial charge in [-0.25, -0.2) is 0 Å². The van der Waals surface area contributed by atoms with Gasteiger partial charge in [0.1, 0.15) is 0 Å². The van der Waals surface area contributed by atoms with E-state index in [4.69, 9.17) is 5.73 Å². The first kappa shape index (κ1) is 19.7. The second-order valence-corrected chi connectivity index (χ2v) is 3.54. The van der Waals surface area contributed by atoms with E-state index in [0.29, 0.717) is 13.1 Å². The van der Waals surface area contributed by atoms with Gasteiger partial charge in [0.2, 0.25) is 0 Å². The van der Waals surface area contributed by atoms with Gasteiger partial charge in [-0.1, -0.05) is 0 Å². The molecule has 0 rings (SSSR count). The van der Waals surface area contributed by atoms with E-state index >= 15 is 0 Å². The Bertz CT molecular complexity index is 92.9. The van der Waals surface area contributed by atoms with E-state index in [1.54, 1.807) is 0 Å². The Morgan fingerprint density at radius 2 is 1.58 bits per heavy atom. The predicted octanol–water partition coefficient (Wildman–Crippen LogP) is -9.61. The van der Waals surface area contributed by atoms with Gasteiger partial charge in [0.15, 0.2) is 0 Å². The van der Waals surface area contributed by atoms with Crippen LogP contribution in [0.1, 0.15) is 0 Å². The SMILES string of the molecule is NCCNCC[P+]([O-])([O-])[O-].[Na+].[Na+]. The summed E-state index contributed by atoms with van der Waals surface area (Å²) in [4.78, 5) is 30.0. The molecule has 0 aliphatic heterocycles. The molecule has 0 aliphatic rings. The summed E-state index contributed by atoms with van der Waals surface area (Å²) in [5.41, 5.74) is 5.09. The van der Waals surface area contributed by atoms with Crippen molar-refractivity contribution in [3.63, 3.8) is 0 Å². The molecule has 0 aromatic heterocycles. The molecule has 0 atom stereocenters. The summed E-state index contributed by atoms with van der Waals surface area (Å²) < 4.78 is 0. The van der Waals surface area contributed by atoms with Crippen LogP contribution in [0.2, 0.25) is 0 Å². The van der Waals surface area contributed by atoms with Crippen LogP contribution in [-0.2, 0) is 0 Å². The van der Waals surface area contributed by atoms with E-state index < -0.39 is 7.94 Å². The van der Waals surface area contributed by atoms with E-state index in [9.17, 15) is 14.7 Å². The van der Waals surface area contributed by atoms with Crippen LogP contribution >= 0.6 is 7.94 Å². The van der Waals surface area contributed by atoms with Crippen molar-refractivity contribution in [2.45, 2.75) is 0 Å². The summed E-state index contributed by atoms with van der Waals surface area (Å²) in [5, 5.41) is 2.69. The summed E-state index contributed by atoms with van der Waals surface area (Å²) in [7, 11) is -4.31. The zero-order valence-electron chi connectivity index (χ0n) is 7.58. The molecule has 3 N–H and O–H groups in total. The van der Waals surface area contributed by atoms with E-state index in [1.807, 2.05) is 0 Å². The first-order valence-electron chi connectivity index (χ1n) is 2.98. The average Bonchev–Trinajstić information content (AvgIpc) is 1.78. The van der Waals surface area contributed by atoms with Crippen LogP contribution in [-0.4, -0.2) is 25.8 Å². The van der Waals surface area contributed by atoms with Crippen molar-refractivity contribution in [1.82, 2.24) is 5.32 Å². The van der Waals surface area contributed by atoms with Crippen molar-refractivity contribution >= 4 is 7.94 Å². The molecular formula is C4H11N2Na2O3P. The standard InChI is InChI=1S/C4H13N2O3P.2Na/c5-1-2-6-3-4-10(7,8)9;;/h6H,1-5H2,(H2,7,8,9);;/q;2*+1/p-2. The molecule has 62 valence electrons. The zero-order valence-corrected chi connectivity index (χ0v) is 12.5. The van der Waals surface area contributed by atoms with Crippen LogP contribution in [0.25, 0.3) is 0 Å². The van der Waals surface area contributed by atoms with Crippen molar-refractivity contribution in [2.24, 2.45) is 5.73 Å². The minimum atomic E-state index is -4.31. The largest absolute Gasteiger partial charge is 1.00 e. The van der Waals surface area contributed by atoms with Crippen molar-refractivity contribution < 1.29 is 73.8 Å². The summed E-state index contributed by atoms with van der Waals surface area (Å²) in [6.07, 6.45) is -0.340. The molecule has 0 bridgehead atoms. The average molecular weight is 212 g/mol. The number of rotatable bonds is 5. The quantitative estimate of drug-likeness (QED) is 0.267. The minimum Gasteiger partial charge on any atom is -0.688 e. The van der Waals surface area contributed by atoms with Crippen molar-refractivity contribution in [2.75, 3.05) is 25.8 Å². The van der Waals surface area contributed by atoms with Gasteiger partial charge in [0.05, 0.1) is 6.16 Å². The second-order valence-electron chi connectivity index (χ2n) is 1.87. The van der Waals surface area contributed by atoms with E-state index in [2.05, 4.69) is 5.32 Å². The van der Waals surface area contributed by atoms with Crippen molar-refractivity contribution in [1.29, 1.82) is 0 Å². The van der Waals surface area contributed by atoms with Gasteiger partial charge in [-0.3, -0.25) is 0 Å². The van der Waals surface area contributed by atoms with Crippen LogP contribution in [0.15, 0.2) is 0 Å². The molecule has 0 heterocycles. The molecular weight excluding hydrogens is 201 g/mol. The first-order valence-corrected chi connectivity index (χ1v) is 4.71. The van der Waals surface area contributed by atoms with E-state index in [1.165, 1.54) is 0 Å². The third kappa shape index (κ3) is 18.1. The van der Waals surface area contributed by atoms with E-state index in [-0.39, 0.29) is 71.8 Å². The van der Waals surface area contributed by atoms with Gasteiger partial charge >= 0.3 is 59.1 Å². The molecule has 0 fully saturated rings. The fraction of sp³-hybridized carbons (Fsp3) is 1.00. The topological polar surface area (TPSA) is 107 Å². The van der Waals surface area contributed by atoms with Crippen molar-refractivity contribution in [3.8, 4) is 0 Å². The van der Waals surface area contributed by atoms with Gasteiger partial charge in [0, 0.05) is 19.6 Å². The maximum atomic E-state index is 10.00. The molecule has 0 saturated heterocycles. The monoisotopic (exact) mass is 212 g/mol. The molecule has 0 spiro atoms. The predicted molar refractivity (Wildman–Crippen MR) is 33.7 cm³/mol. The summed E-state index contributed by atoms with van der Waals surface area (Å²) in [5.74, 6) is 0. The molecule has 0 aromatic carbocycles. The second kappa shape index (κ2) is 11.3. The molecule has 5 nitrogen and oxygen atoms in total. The maximum Gasteiger partial charge on any atom is 1.00 e. The van der Waals surface area contributed by atoms with Crippen LogP contribution < -0.4 is 84.8 Å². The maximum absolute atomic E-state index is 10.00. The molecule has 0 unspecified atom stereocenters. The van der Waals surface area contributed by atoms with Gasteiger partial charge in [-0.05, 0) is 0 Å². The summed E-state index contributed by atoms with van der Waals surface area (Å²) in [6, 6.07) is 0. The third-order valence-electron chi connectivity index (χ3n) is 0.884. The number of nitrogens with one attached hydrogen (secondary N) is 1. The van der Waals surface area contributed by atoms with Gasteiger partial charge in [0.25, 0.3) is 0 Å². The summed E-state index contributed by atoms with van der Waals surface area (Å²) in [6.45, 7) is 1.18. The molecule has 0 saturated carbocycles. The smallest absolute Gasteiger partial charge is 0.688 e.